The standard InChI is InChI=1S/C12H14N2OS/c1-8-5-3-4-6-9(8)11(15)10-7-13-12(16)14(10)2/h3-7,11,15H,1-2H3,(H,13,16). The Balaban J connectivity index is 2.47. The van der Waals surface area contributed by atoms with E-state index in [0.717, 1.165) is 16.8 Å². The Bertz CT molecular complexity index is 556. The molecule has 0 aliphatic rings. The average Bonchev–Trinajstić information content (AvgIpc) is 2.60. The summed E-state index contributed by atoms with van der Waals surface area (Å²) in [6.45, 7) is 1.99. The van der Waals surface area contributed by atoms with Gasteiger partial charge in [-0.05, 0) is 30.3 Å². The fourth-order valence-electron chi connectivity index (χ4n) is 1.76. The van der Waals surface area contributed by atoms with Crippen molar-refractivity contribution in [3.8, 4) is 0 Å². The summed E-state index contributed by atoms with van der Waals surface area (Å²) in [5.41, 5.74) is 2.76. The number of benzene rings is 1. The zero-order valence-electron chi connectivity index (χ0n) is 9.27. The lowest BCUT2D eigenvalue weighted by molar-refractivity contribution is 0.210. The lowest BCUT2D eigenvalue weighted by Gasteiger charge is -2.13. The van der Waals surface area contributed by atoms with E-state index in [1.54, 1.807) is 10.8 Å². The fraction of sp³-hybridized carbons (Fsp3) is 0.250. The first-order valence-corrected chi connectivity index (χ1v) is 5.50. The van der Waals surface area contributed by atoms with Crippen molar-refractivity contribution < 1.29 is 5.11 Å². The highest BCUT2D eigenvalue weighted by molar-refractivity contribution is 7.71. The molecule has 1 aromatic heterocycles. The molecule has 2 rings (SSSR count). The Kier molecular flexibility index (Phi) is 2.94. The summed E-state index contributed by atoms with van der Waals surface area (Å²) in [6.07, 6.45) is 1.11. The molecule has 0 radical (unpaired) electrons. The van der Waals surface area contributed by atoms with Gasteiger partial charge in [0.2, 0.25) is 0 Å². The molecule has 1 heterocycles. The number of imidazole rings is 1. The van der Waals surface area contributed by atoms with Crippen molar-refractivity contribution in [3.05, 3.63) is 52.1 Å². The third kappa shape index (κ3) is 1.81. The number of aromatic amines is 1. The molecule has 0 saturated carbocycles. The van der Waals surface area contributed by atoms with Crippen molar-refractivity contribution in [1.82, 2.24) is 9.55 Å². The van der Waals surface area contributed by atoms with E-state index in [9.17, 15) is 5.11 Å². The van der Waals surface area contributed by atoms with E-state index in [-0.39, 0.29) is 0 Å². The molecule has 1 unspecified atom stereocenters. The van der Waals surface area contributed by atoms with Gasteiger partial charge in [0.1, 0.15) is 6.10 Å². The van der Waals surface area contributed by atoms with Gasteiger partial charge in [-0.1, -0.05) is 24.3 Å². The van der Waals surface area contributed by atoms with Crippen LogP contribution in [0.4, 0.5) is 0 Å². The number of nitrogens with one attached hydrogen (secondary N) is 1. The zero-order chi connectivity index (χ0) is 11.7. The molecule has 0 spiro atoms. The minimum atomic E-state index is -0.640. The third-order valence-electron chi connectivity index (χ3n) is 2.80. The van der Waals surface area contributed by atoms with E-state index in [4.69, 9.17) is 12.2 Å². The molecular formula is C12H14N2OS. The number of hydrogen-bond acceptors (Lipinski definition) is 2. The quantitative estimate of drug-likeness (QED) is 0.784. The molecule has 16 heavy (non-hydrogen) atoms. The van der Waals surface area contributed by atoms with Gasteiger partial charge in [0.05, 0.1) is 5.69 Å². The van der Waals surface area contributed by atoms with Crippen LogP contribution in [0.3, 0.4) is 0 Å². The molecule has 0 aliphatic heterocycles. The van der Waals surface area contributed by atoms with Gasteiger partial charge in [0, 0.05) is 13.2 Å². The number of H-pyrrole nitrogens is 1. The second-order valence-electron chi connectivity index (χ2n) is 3.84. The summed E-state index contributed by atoms with van der Waals surface area (Å²) in [5, 5.41) is 10.3. The van der Waals surface area contributed by atoms with Gasteiger partial charge in [0.15, 0.2) is 4.77 Å². The highest BCUT2D eigenvalue weighted by Crippen LogP contribution is 2.23. The van der Waals surface area contributed by atoms with Crippen molar-refractivity contribution in [1.29, 1.82) is 0 Å². The third-order valence-corrected chi connectivity index (χ3v) is 3.19. The number of aryl methyl sites for hydroxylation is 1. The van der Waals surface area contributed by atoms with E-state index in [2.05, 4.69) is 4.98 Å². The summed E-state index contributed by atoms with van der Waals surface area (Å²) in [7, 11) is 1.84. The fourth-order valence-corrected chi connectivity index (χ4v) is 1.93. The maximum Gasteiger partial charge on any atom is 0.177 e. The van der Waals surface area contributed by atoms with Gasteiger partial charge in [-0.25, -0.2) is 0 Å². The molecule has 0 amide bonds. The second-order valence-corrected chi connectivity index (χ2v) is 4.22. The maximum atomic E-state index is 10.3. The van der Waals surface area contributed by atoms with Crippen LogP contribution < -0.4 is 0 Å². The molecule has 1 atom stereocenters. The molecule has 0 saturated heterocycles. The summed E-state index contributed by atoms with van der Waals surface area (Å²) >= 11 is 5.07. The molecule has 0 fully saturated rings. The van der Waals surface area contributed by atoms with Crippen LogP contribution in [0.15, 0.2) is 30.5 Å². The SMILES string of the molecule is Cc1ccccc1C(O)c1c[nH]c(=S)n1C. The molecular weight excluding hydrogens is 220 g/mol. The number of aliphatic hydroxyl groups is 1. The molecule has 3 nitrogen and oxygen atoms in total. The van der Waals surface area contributed by atoms with E-state index in [1.807, 2.05) is 38.2 Å². The van der Waals surface area contributed by atoms with Crippen LogP contribution in [0.2, 0.25) is 0 Å². The normalized spacial score (nSPS) is 12.7. The summed E-state index contributed by atoms with van der Waals surface area (Å²) in [4.78, 5) is 2.92. The number of nitrogens with zero attached hydrogens (tertiary/aromatic N) is 1. The number of rotatable bonds is 2. The molecule has 4 heteroatoms. The molecule has 0 bridgehead atoms. The van der Waals surface area contributed by atoms with Crippen molar-refractivity contribution >= 4 is 12.2 Å². The molecule has 0 aliphatic carbocycles. The maximum absolute atomic E-state index is 10.3. The summed E-state index contributed by atoms with van der Waals surface area (Å²) < 4.78 is 2.40. The van der Waals surface area contributed by atoms with Crippen LogP contribution in [0, 0.1) is 11.7 Å². The predicted molar refractivity (Wildman–Crippen MR) is 65.8 cm³/mol. The van der Waals surface area contributed by atoms with Crippen LogP contribution in [0.5, 0.6) is 0 Å². The number of aromatic nitrogens is 2. The average molecular weight is 234 g/mol. The number of aliphatic hydroxyl groups excluding tert-OH is 1. The van der Waals surface area contributed by atoms with Gasteiger partial charge in [-0.2, -0.15) is 0 Å². The molecule has 1 aromatic carbocycles. The predicted octanol–water partition coefficient (Wildman–Crippen LogP) is 2.47. The minimum absolute atomic E-state index is 0.614. The van der Waals surface area contributed by atoms with Crippen molar-refractivity contribution in [2.45, 2.75) is 13.0 Å². The first kappa shape index (κ1) is 11.1. The lowest BCUT2D eigenvalue weighted by Crippen LogP contribution is -2.06. The number of hydrogen-bond donors (Lipinski definition) is 2. The molecule has 84 valence electrons. The summed E-state index contributed by atoms with van der Waals surface area (Å²) in [6, 6.07) is 7.80. The van der Waals surface area contributed by atoms with Gasteiger partial charge >= 0.3 is 0 Å². The largest absolute Gasteiger partial charge is 0.382 e. The van der Waals surface area contributed by atoms with E-state index < -0.39 is 6.10 Å². The highest BCUT2D eigenvalue weighted by Gasteiger charge is 2.15. The Hall–Kier alpha value is -1.39. The monoisotopic (exact) mass is 234 g/mol. The first-order chi connectivity index (χ1) is 7.61. The van der Waals surface area contributed by atoms with Crippen molar-refractivity contribution in [3.63, 3.8) is 0 Å². The van der Waals surface area contributed by atoms with Crippen molar-refractivity contribution in [2.24, 2.45) is 7.05 Å². The highest BCUT2D eigenvalue weighted by atomic mass is 32.1. The Labute approximate surface area is 99.4 Å². The van der Waals surface area contributed by atoms with Gasteiger partial charge in [0.25, 0.3) is 0 Å². The Morgan fingerprint density at radius 3 is 2.62 bits per heavy atom. The Morgan fingerprint density at radius 2 is 2.06 bits per heavy atom. The zero-order valence-corrected chi connectivity index (χ0v) is 10.1. The summed E-state index contributed by atoms with van der Waals surface area (Å²) in [5.74, 6) is 0. The smallest absolute Gasteiger partial charge is 0.177 e. The Morgan fingerprint density at radius 1 is 1.38 bits per heavy atom. The first-order valence-electron chi connectivity index (χ1n) is 5.09. The minimum Gasteiger partial charge on any atom is -0.382 e. The van der Waals surface area contributed by atoms with Crippen LogP contribution in [0.1, 0.15) is 22.9 Å². The second kappa shape index (κ2) is 4.23. The molecule has 2 aromatic rings. The van der Waals surface area contributed by atoms with Crippen LogP contribution >= 0.6 is 12.2 Å². The van der Waals surface area contributed by atoms with Crippen LogP contribution in [0.25, 0.3) is 0 Å². The van der Waals surface area contributed by atoms with Crippen LogP contribution in [-0.4, -0.2) is 14.7 Å². The molecule has 2 N–H and O–H groups in total. The van der Waals surface area contributed by atoms with E-state index in [0.29, 0.717) is 4.77 Å². The van der Waals surface area contributed by atoms with Gasteiger partial charge in [-0.15, -0.1) is 0 Å². The lowest BCUT2D eigenvalue weighted by atomic mass is 10.0. The topological polar surface area (TPSA) is 40.9 Å². The van der Waals surface area contributed by atoms with E-state index >= 15 is 0 Å². The van der Waals surface area contributed by atoms with E-state index in [1.165, 1.54) is 0 Å². The van der Waals surface area contributed by atoms with Crippen molar-refractivity contribution in [2.75, 3.05) is 0 Å². The van der Waals surface area contributed by atoms with Gasteiger partial charge < -0.3 is 14.7 Å². The van der Waals surface area contributed by atoms with Gasteiger partial charge in [-0.3, -0.25) is 0 Å². The van der Waals surface area contributed by atoms with Crippen LogP contribution in [-0.2, 0) is 7.05 Å².